The van der Waals surface area contributed by atoms with Gasteiger partial charge in [0, 0.05) is 5.56 Å². The molecule has 1 aliphatic heterocycles. The number of piperidine rings is 1. The normalized spacial score (nSPS) is 18.3. The second kappa shape index (κ2) is 7.19. The lowest BCUT2D eigenvalue weighted by Gasteiger charge is -2.35. The Morgan fingerprint density at radius 1 is 1.24 bits per heavy atom. The van der Waals surface area contributed by atoms with Crippen LogP contribution in [0.5, 0.6) is 0 Å². The summed E-state index contributed by atoms with van der Waals surface area (Å²) in [5, 5.41) is 2.90. The number of benzene rings is 1. The number of halogens is 3. The molecule has 1 unspecified atom stereocenters. The van der Waals surface area contributed by atoms with E-state index in [1.54, 1.807) is 6.07 Å². The number of rotatable bonds is 3. The number of carbonyl (C=O) groups is 1. The molecule has 0 radical (unpaired) electrons. The van der Waals surface area contributed by atoms with E-state index in [4.69, 9.17) is 34.8 Å². The topological polar surface area (TPSA) is 33.5 Å². The van der Waals surface area contributed by atoms with E-state index < -0.39 is 9.96 Å². The molecular formula is C15H20Cl3N2O+. The van der Waals surface area contributed by atoms with E-state index in [0.717, 1.165) is 36.4 Å². The molecule has 21 heavy (non-hydrogen) atoms. The molecular weight excluding hydrogens is 331 g/mol. The highest BCUT2D eigenvalue weighted by molar-refractivity contribution is 6.68. The van der Waals surface area contributed by atoms with Crippen LogP contribution >= 0.6 is 34.8 Å². The first-order chi connectivity index (χ1) is 9.88. The number of hydrogen-bond acceptors (Lipinski definition) is 1. The Morgan fingerprint density at radius 2 is 1.90 bits per heavy atom. The average Bonchev–Trinajstić information content (AvgIpc) is 2.44. The zero-order chi connectivity index (χ0) is 15.5. The molecule has 0 spiro atoms. The lowest BCUT2D eigenvalue weighted by molar-refractivity contribution is -0.931. The number of nitrogens with one attached hydrogen (secondary N) is 2. The summed E-state index contributed by atoms with van der Waals surface area (Å²) in [6.45, 7) is 3.76. The Morgan fingerprint density at radius 3 is 2.48 bits per heavy atom. The van der Waals surface area contributed by atoms with Crippen molar-refractivity contribution < 1.29 is 9.69 Å². The second-order valence-corrected chi connectivity index (χ2v) is 7.91. The van der Waals surface area contributed by atoms with Gasteiger partial charge in [-0.1, -0.05) is 52.5 Å². The van der Waals surface area contributed by atoms with E-state index in [-0.39, 0.29) is 5.91 Å². The van der Waals surface area contributed by atoms with Gasteiger partial charge in [0.25, 0.3) is 9.70 Å². The first-order valence-corrected chi connectivity index (χ1v) is 8.30. The van der Waals surface area contributed by atoms with Crippen LogP contribution in [0, 0.1) is 6.92 Å². The van der Waals surface area contributed by atoms with Crippen LogP contribution in [-0.2, 0) is 0 Å². The Hall–Kier alpha value is -0.480. The van der Waals surface area contributed by atoms with Gasteiger partial charge in [0.2, 0.25) is 6.17 Å². The van der Waals surface area contributed by atoms with Gasteiger partial charge < -0.3 is 4.90 Å². The molecule has 0 saturated carbocycles. The predicted octanol–water partition coefficient (Wildman–Crippen LogP) is 2.49. The van der Waals surface area contributed by atoms with E-state index in [1.165, 1.54) is 6.42 Å². The van der Waals surface area contributed by atoms with E-state index in [1.807, 2.05) is 25.1 Å². The smallest absolute Gasteiger partial charge is 0.262 e. The van der Waals surface area contributed by atoms with Gasteiger partial charge in [0.05, 0.1) is 13.1 Å². The minimum Gasteiger partial charge on any atom is -0.312 e. The highest BCUT2D eigenvalue weighted by atomic mass is 35.6. The summed E-state index contributed by atoms with van der Waals surface area (Å²) in [5.41, 5.74) is 1.61. The van der Waals surface area contributed by atoms with Crippen LogP contribution in [-0.4, -0.2) is 29.0 Å². The lowest BCUT2D eigenvalue weighted by atomic mass is 10.1. The molecule has 1 heterocycles. The summed E-state index contributed by atoms with van der Waals surface area (Å²) in [4.78, 5) is 13.5. The number of aryl methyl sites for hydroxylation is 1. The number of alkyl halides is 3. The van der Waals surface area contributed by atoms with Crippen molar-refractivity contribution in [2.24, 2.45) is 0 Å². The zero-order valence-electron chi connectivity index (χ0n) is 12.0. The van der Waals surface area contributed by atoms with Gasteiger partial charge in [-0.05, 0) is 38.3 Å². The summed E-state index contributed by atoms with van der Waals surface area (Å²) in [7, 11) is 0. The molecule has 1 atom stereocenters. The minimum absolute atomic E-state index is 0.201. The maximum absolute atomic E-state index is 12.4. The molecule has 2 rings (SSSR count). The summed E-state index contributed by atoms with van der Waals surface area (Å²) >= 11 is 18.3. The van der Waals surface area contributed by atoms with Gasteiger partial charge in [-0.2, -0.15) is 0 Å². The number of carbonyl (C=O) groups excluding carboxylic acids is 1. The quantitative estimate of drug-likeness (QED) is 0.807. The monoisotopic (exact) mass is 349 g/mol. The van der Waals surface area contributed by atoms with Crippen molar-refractivity contribution in [1.29, 1.82) is 0 Å². The van der Waals surface area contributed by atoms with Crippen molar-refractivity contribution in [3.63, 3.8) is 0 Å². The van der Waals surface area contributed by atoms with Crippen molar-refractivity contribution in [3.8, 4) is 0 Å². The van der Waals surface area contributed by atoms with E-state index in [9.17, 15) is 4.79 Å². The molecule has 1 aliphatic rings. The van der Waals surface area contributed by atoms with Gasteiger partial charge in [-0.3, -0.25) is 10.1 Å². The highest BCUT2D eigenvalue weighted by Gasteiger charge is 2.42. The average molecular weight is 351 g/mol. The van der Waals surface area contributed by atoms with Crippen LogP contribution in [0.1, 0.15) is 35.2 Å². The minimum atomic E-state index is -1.52. The Labute approximate surface area is 140 Å². The van der Waals surface area contributed by atoms with Gasteiger partial charge >= 0.3 is 0 Å². The summed E-state index contributed by atoms with van der Waals surface area (Å²) in [6.07, 6.45) is 2.85. The van der Waals surface area contributed by atoms with Crippen LogP contribution in [0.2, 0.25) is 0 Å². The third kappa shape index (κ3) is 4.75. The van der Waals surface area contributed by atoms with Crippen LogP contribution in [0.15, 0.2) is 24.3 Å². The fourth-order valence-electron chi connectivity index (χ4n) is 2.71. The fraction of sp³-hybridized carbons (Fsp3) is 0.533. The van der Waals surface area contributed by atoms with Crippen molar-refractivity contribution in [3.05, 3.63) is 35.4 Å². The molecule has 116 valence electrons. The molecule has 1 aromatic carbocycles. The molecule has 0 aliphatic carbocycles. The summed E-state index contributed by atoms with van der Waals surface area (Å²) in [5.74, 6) is -0.201. The molecule has 6 heteroatoms. The lowest BCUT2D eigenvalue weighted by Crippen LogP contribution is -3.20. The number of likely N-dealkylation sites (tertiary alicyclic amines) is 1. The number of quaternary nitrogens is 1. The molecule has 0 aromatic heterocycles. The van der Waals surface area contributed by atoms with Crippen molar-refractivity contribution in [1.82, 2.24) is 5.32 Å². The maximum Gasteiger partial charge on any atom is 0.262 e. The van der Waals surface area contributed by atoms with Crippen molar-refractivity contribution in [2.45, 2.75) is 36.1 Å². The number of amides is 1. The van der Waals surface area contributed by atoms with Crippen LogP contribution < -0.4 is 10.2 Å². The largest absolute Gasteiger partial charge is 0.312 e. The van der Waals surface area contributed by atoms with Gasteiger partial charge in [0.1, 0.15) is 0 Å². The highest BCUT2D eigenvalue weighted by Crippen LogP contribution is 2.28. The van der Waals surface area contributed by atoms with Crippen molar-refractivity contribution >= 4 is 40.7 Å². The van der Waals surface area contributed by atoms with E-state index in [2.05, 4.69) is 5.32 Å². The molecule has 3 nitrogen and oxygen atoms in total. The molecule has 1 saturated heterocycles. The molecule has 1 aromatic rings. The molecule has 1 fully saturated rings. The summed E-state index contributed by atoms with van der Waals surface area (Å²) < 4.78 is -1.52. The predicted molar refractivity (Wildman–Crippen MR) is 87.3 cm³/mol. The Kier molecular flexibility index (Phi) is 5.78. The standard InChI is InChI=1S/C15H19Cl3N2O/c1-11-6-5-7-12(10-11)13(21)19-14(15(16,17)18)20-8-3-2-4-9-20/h5-7,10,14H,2-4,8-9H2,1H3,(H,19,21)/p+1. The SMILES string of the molecule is Cc1cccc(C(=O)NC([NH+]2CCCCC2)C(Cl)(Cl)Cl)c1. The van der Waals surface area contributed by atoms with E-state index >= 15 is 0 Å². The molecule has 2 N–H and O–H groups in total. The van der Waals surface area contributed by atoms with E-state index in [0.29, 0.717) is 5.56 Å². The maximum atomic E-state index is 12.4. The first-order valence-electron chi connectivity index (χ1n) is 7.17. The van der Waals surface area contributed by atoms with Crippen LogP contribution in [0.3, 0.4) is 0 Å². The Bertz CT molecular complexity index is 496. The third-order valence-corrected chi connectivity index (χ3v) is 4.44. The zero-order valence-corrected chi connectivity index (χ0v) is 14.2. The number of hydrogen-bond donors (Lipinski definition) is 2. The van der Waals surface area contributed by atoms with Gasteiger partial charge in [-0.25, -0.2) is 0 Å². The summed E-state index contributed by atoms with van der Waals surface area (Å²) in [6, 6.07) is 7.39. The van der Waals surface area contributed by atoms with Gasteiger partial charge in [-0.15, -0.1) is 0 Å². The van der Waals surface area contributed by atoms with Gasteiger partial charge in [0.15, 0.2) is 0 Å². The first kappa shape index (κ1) is 16.9. The fourth-order valence-corrected chi connectivity index (χ4v) is 3.34. The Balaban J connectivity index is 2.13. The molecule has 1 amide bonds. The third-order valence-electron chi connectivity index (χ3n) is 3.79. The van der Waals surface area contributed by atoms with Crippen molar-refractivity contribution in [2.75, 3.05) is 13.1 Å². The second-order valence-electron chi connectivity index (χ2n) is 5.54. The van der Waals surface area contributed by atoms with Crippen LogP contribution in [0.4, 0.5) is 0 Å². The van der Waals surface area contributed by atoms with Crippen LogP contribution in [0.25, 0.3) is 0 Å². The molecule has 0 bridgehead atoms.